The van der Waals surface area contributed by atoms with E-state index in [2.05, 4.69) is 36.7 Å². The van der Waals surface area contributed by atoms with Crippen LogP contribution in [-0.2, 0) is 9.59 Å². The van der Waals surface area contributed by atoms with Crippen LogP contribution in [0.3, 0.4) is 0 Å². The van der Waals surface area contributed by atoms with Crippen LogP contribution >= 0.6 is 0 Å². The Balaban J connectivity index is 0.000000620. The Morgan fingerprint density at radius 3 is 2.06 bits per heavy atom. The molecule has 2 rings (SSSR count). The molecule has 0 heterocycles. The summed E-state index contributed by atoms with van der Waals surface area (Å²) in [5.74, 6) is -1.49. The Morgan fingerprint density at radius 2 is 1.56 bits per heavy atom. The second-order valence-corrected chi connectivity index (χ2v) is 9.34. The Bertz CT molecular complexity index is 743. The number of aliphatic carboxylic acids is 2. The van der Waals surface area contributed by atoms with Gasteiger partial charge in [-0.15, -0.1) is 0 Å². The number of aliphatic hydroxyl groups is 1. The number of hydrogen-bond donors (Lipinski definition) is 6. The van der Waals surface area contributed by atoms with Gasteiger partial charge >= 0.3 is 18.0 Å². The third kappa shape index (κ3) is 15.1. The van der Waals surface area contributed by atoms with Crippen LogP contribution in [0.4, 0.5) is 10.5 Å². The van der Waals surface area contributed by atoms with Crippen molar-refractivity contribution >= 4 is 23.7 Å². The number of β-amino-alcohol motifs (C(OH)–C–C–N with tert-alkyl or cyclic N) is 1. The van der Waals surface area contributed by atoms with Gasteiger partial charge in [-0.3, -0.25) is 9.59 Å². The number of carbonyl (C=O) groups is 3. The van der Waals surface area contributed by atoms with Gasteiger partial charge in [0.25, 0.3) is 0 Å². The van der Waals surface area contributed by atoms with Gasteiger partial charge in [-0.1, -0.05) is 19.3 Å². The molecule has 1 unspecified atom stereocenters. The summed E-state index contributed by atoms with van der Waals surface area (Å²) in [5, 5.41) is 34.9. The summed E-state index contributed by atoms with van der Waals surface area (Å²) in [7, 11) is 0. The molecule has 0 aliphatic heterocycles. The first kappa shape index (κ1) is 29.2. The second-order valence-electron chi connectivity index (χ2n) is 9.34. The smallest absolute Gasteiger partial charge is 0.319 e. The Morgan fingerprint density at radius 1 is 1.00 bits per heavy atom. The van der Waals surface area contributed by atoms with Gasteiger partial charge in [0, 0.05) is 23.8 Å². The van der Waals surface area contributed by atoms with Crippen molar-refractivity contribution in [1.82, 2.24) is 10.6 Å². The number of urea groups is 1. The van der Waals surface area contributed by atoms with Crippen LogP contribution in [0.2, 0.25) is 0 Å². The van der Waals surface area contributed by atoms with E-state index in [0.29, 0.717) is 12.3 Å². The van der Waals surface area contributed by atoms with Gasteiger partial charge in [0.2, 0.25) is 0 Å². The van der Waals surface area contributed by atoms with Crippen molar-refractivity contribution in [3.63, 3.8) is 0 Å². The molecule has 1 aromatic rings. The van der Waals surface area contributed by atoms with E-state index in [9.17, 15) is 19.5 Å². The fraction of sp³-hybridized carbons (Fsp3) is 0.625. The molecule has 1 aliphatic carbocycles. The van der Waals surface area contributed by atoms with Gasteiger partial charge in [-0.05, 0) is 57.9 Å². The highest BCUT2D eigenvalue weighted by atomic mass is 16.5. The molecule has 192 valence electrons. The van der Waals surface area contributed by atoms with E-state index in [1.54, 1.807) is 24.3 Å². The zero-order chi connectivity index (χ0) is 25.6. The van der Waals surface area contributed by atoms with Crippen molar-refractivity contribution in [1.29, 1.82) is 0 Å². The number of amides is 2. The second kappa shape index (κ2) is 15.1. The lowest BCUT2D eigenvalue weighted by atomic mass is 9.96. The molecule has 1 fully saturated rings. The van der Waals surface area contributed by atoms with Crippen LogP contribution in [0.1, 0.15) is 65.7 Å². The van der Waals surface area contributed by atoms with Crippen molar-refractivity contribution in [3.05, 3.63) is 24.3 Å². The Kier molecular flexibility index (Phi) is 13.0. The summed E-state index contributed by atoms with van der Waals surface area (Å²) in [4.78, 5) is 31.3. The molecule has 0 spiro atoms. The van der Waals surface area contributed by atoms with E-state index >= 15 is 0 Å². The topological polar surface area (TPSA) is 157 Å². The van der Waals surface area contributed by atoms with Crippen LogP contribution in [0.5, 0.6) is 5.75 Å². The standard InChI is InChI=1S/C20H33N3O3.C4H6O4/c1-20(2,3)21-13-17(24)14-26-18-11-9-16(10-12-18)23-19(25)22-15-7-5-4-6-8-15;5-3(6)1-2-4(7)8/h9-12,15,17,21,24H,4-8,13-14H2,1-3H3,(H2,22,23,25);1-2H2,(H,5,6)(H,7,8). The minimum absolute atomic E-state index is 0.0352. The van der Waals surface area contributed by atoms with E-state index in [-0.39, 0.29) is 37.1 Å². The van der Waals surface area contributed by atoms with Gasteiger partial charge in [-0.2, -0.15) is 0 Å². The summed E-state index contributed by atoms with van der Waals surface area (Å²) < 4.78 is 5.60. The number of hydrogen-bond acceptors (Lipinski definition) is 6. The minimum Gasteiger partial charge on any atom is -0.491 e. The molecule has 1 aromatic carbocycles. The maximum atomic E-state index is 12.0. The quantitative estimate of drug-likeness (QED) is 0.297. The fourth-order valence-electron chi connectivity index (χ4n) is 3.12. The van der Waals surface area contributed by atoms with Crippen molar-refractivity contribution in [2.75, 3.05) is 18.5 Å². The van der Waals surface area contributed by atoms with Gasteiger partial charge in [-0.25, -0.2) is 4.79 Å². The normalized spacial score (nSPS) is 14.8. The molecule has 0 saturated heterocycles. The van der Waals surface area contributed by atoms with E-state index < -0.39 is 18.0 Å². The highest BCUT2D eigenvalue weighted by Crippen LogP contribution is 2.18. The van der Waals surface area contributed by atoms with E-state index in [1.165, 1.54) is 19.3 Å². The number of carboxylic acids is 2. The van der Waals surface area contributed by atoms with E-state index in [0.717, 1.165) is 18.5 Å². The average molecular weight is 482 g/mol. The fourth-order valence-corrected chi connectivity index (χ4v) is 3.12. The predicted molar refractivity (Wildman–Crippen MR) is 129 cm³/mol. The van der Waals surface area contributed by atoms with Crippen LogP contribution in [0, 0.1) is 0 Å². The highest BCUT2D eigenvalue weighted by Gasteiger charge is 2.16. The number of nitrogens with one attached hydrogen (secondary N) is 3. The molecule has 34 heavy (non-hydrogen) atoms. The van der Waals surface area contributed by atoms with E-state index in [4.69, 9.17) is 14.9 Å². The summed E-state index contributed by atoms with van der Waals surface area (Å²) >= 11 is 0. The maximum absolute atomic E-state index is 12.0. The average Bonchev–Trinajstić information content (AvgIpc) is 2.76. The summed E-state index contributed by atoms with van der Waals surface area (Å²) in [5.41, 5.74) is 0.688. The number of ether oxygens (including phenoxy) is 1. The highest BCUT2D eigenvalue weighted by molar-refractivity contribution is 5.89. The summed E-state index contributed by atoms with van der Waals surface area (Å²) in [6.07, 6.45) is 4.60. The van der Waals surface area contributed by atoms with Crippen LogP contribution in [-0.4, -0.2) is 64.1 Å². The molecule has 6 N–H and O–H groups in total. The van der Waals surface area contributed by atoms with Crippen LogP contribution in [0.15, 0.2) is 24.3 Å². The van der Waals surface area contributed by atoms with Gasteiger partial charge in [0.1, 0.15) is 18.5 Å². The SMILES string of the molecule is CC(C)(C)NCC(O)COc1ccc(NC(=O)NC2CCCCC2)cc1.O=C(O)CCC(=O)O. The predicted octanol–water partition coefficient (Wildman–Crippen LogP) is 3.20. The number of carbonyl (C=O) groups excluding carboxylic acids is 1. The van der Waals surface area contributed by atoms with Gasteiger partial charge in [0.15, 0.2) is 0 Å². The van der Waals surface area contributed by atoms with Crippen molar-refractivity contribution in [2.24, 2.45) is 0 Å². The molecule has 1 aliphatic rings. The minimum atomic E-state index is -1.08. The number of benzene rings is 1. The Hall–Kier alpha value is -2.85. The molecule has 0 radical (unpaired) electrons. The summed E-state index contributed by atoms with van der Waals surface area (Å²) in [6.45, 7) is 6.85. The first-order valence-corrected chi connectivity index (χ1v) is 11.6. The molecule has 1 saturated carbocycles. The lowest BCUT2D eigenvalue weighted by molar-refractivity contribution is -0.143. The summed E-state index contributed by atoms with van der Waals surface area (Å²) in [6, 6.07) is 7.31. The van der Waals surface area contributed by atoms with Crippen molar-refractivity contribution in [3.8, 4) is 5.75 Å². The zero-order valence-electron chi connectivity index (χ0n) is 20.3. The number of rotatable bonds is 10. The molecule has 0 bridgehead atoms. The lowest BCUT2D eigenvalue weighted by Gasteiger charge is -2.23. The first-order valence-electron chi connectivity index (χ1n) is 11.6. The molecule has 2 amide bonds. The third-order valence-electron chi connectivity index (χ3n) is 4.92. The number of carboxylic acid groups (broad SMARTS) is 2. The third-order valence-corrected chi connectivity index (χ3v) is 4.92. The molecule has 10 nitrogen and oxygen atoms in total. The molecular formula is C24H39N3O7. The molecular weight excluding hydrogens is 442 g/mol. The molecule has 0 aromatic heterocycles. The molecule has 1 atom stereocenters. The van der Waals surface area contributed by atoms with E-state index in [1.807, 2.05) is 0 Å². The lowest BCUT2D eigenvalue weighted by Crippen LogP contribution is -2.42. The maximum Gasteiger partial charge on any atom is 0.319 e. The largest absolute Gasteiger partial charge is 0.491 e. The monoisotopic (exact) mass is 481 g/mol. The number of anilines is 1. The Labute approximate surface area is 201 Å². The van der Waals surface area contributed by atoms with Crippen LogP contribution < -0.4 is 20.7 Å². The van der Waals surface area contributed by atoms with Crippen molar-refractivity contribution in [2.45, 2.75) is 83.4 Å². The van der Waals surface area contributed by atoms with Crippen molar-refractivity contribution < 1.29 is 34.4 Å². The zero-order valence-corrected chi connectivity index (χ0v) is 20.3. The molecule has 10 heteroatoms. The number of aliphatic hydroxyl groups excluding tert-OH is 1. The van der Waals surface area contributed by atoms with Gasteiger partial charge in [0.05, 0.1) is 12.8 Å². The first-order chi connectivity index (χ1) is 15.9. The van der Waals surface area contributed by atoms with Crippen LogP contribution in [0.25, 0.3) is 0 Å². The van der Waals surface area contributed by atoms with Gasteiger partial charge < -0.3 is 36.0 Å².